The molecule has 0 aliphatic carbocycles. The molecule has 0 aromatic heterocycles. The van der Waals surface area contributed by atoms with Crippen molar-refractivity contribution in [3.63, 3.8) is 0 Å². The highest BCUT2D eigenvalue weighted by Crippen LogP contribution is 2.45. The van der Waals surface area contributed by atoms with Crippen LogP contribution < -0.4 is 0 Å². The van der Waals surface area contributed by atoms with Crippen molar-refractivity contribution < 1.29 is 19.2 Å². The van der Waals surface area contributed by atoms with Crippen LogP contribution in [0.4, 0.5) is 0 Å². The first-order valence-electron chi connectivity index (χ1n) is 10.4. The second kappa shape index (κ2) is 10.5. The summed E-state index contributed by atoms with van der Waals surface area (Å²) in [5, 5.41) is 2.05. The number of carbonyl (C=O) groups is 4. The molecule has 0 bridgehead atoms. The van der Waals surface area contributed by atoms with Gasteiger partial charge in [0, 0.05) is 34.0 Å². The zero-order valence-corrected chi connectivity index (χ0v) is 25.7. The summed E-state index contributed by atoms with van der Waals surface area (Å²) in [4.78, 5) is 54.6. The van der Waals surface area contributed by atoms with Gasteiger partial charge in [0.25, 0.3) is 17.7 Å². The average molecular weight is 762 g/mol. The molecule has 3 aromatic rings. The summed E-state index contributed by atoms with van der Waals surface area (Å²) in [7, 11) is 0. The Balaban J connectivity index is 1.86. The zero-order valence-electron chi connectivity index (χ0n) is 18.6. The molecule has 36 heavy (non-hydrogen) atoms. The van der Waals surface area contributed by atoms with Crippen molar-refractivity contribution in [2.75, 3.05) is 0 Å². The van der Waals surface area contributed by atoms with Gasteiger partial charge in [0.05, 0.1) is 11.1 Å². The third-order valence-electron chi connectivity index (χ3n) is 5.68. The lowest BCUT2D eigenvalue weighted by Crippen LogP contribution is -2.56. The molecule has 1 aliphatic heterocycles. The maximum atomic E-state index is 13.8. The van der Waals surface area contributed by atoms with E-state index in [9.17, 15) is 19.2 Å². The Hall–Kier alpha value is -1.85. The Kier molecular flexibility index (Phi) is 7.92. The van der Waals surface area contributed by atoms with Crippen molar-refractivity contribution in [3.8, 4) is 0 Å². The number of halogens is 5. The summed E-state index contributed by atoms with van der Waals surface area (Å²) < 4.78 is 1.70. The molecule has 1 aliphatic rings. The standard InChI is InChI=1S/C25H15Br4ClN2O4/c1-11-3-5-13(6-4-11)22(33)12(2)31(23(34)14-7-9-15(30)10-8-14)32-24(35)16-17(25(32)36)19(27)21(29)20(28)18(16)26/h3-10,12H,1-2H3/t12-/m0/s1. The molecule has 1 heterocycles. The highest BCUT2D eigenvalue weighted by Gasteiger charge is 2.48. The summed E-state index contributed by atoms with van der Waals surface area (Å²) in [6, 6.07) is 11.6. The molecule has 0 N–H and O–H groups in total. The van der Waals surface area contributed by atoms with Crippen LogP contribution in [0.5, 0.6) is 0 Å². The molecule has 184 valence electrons. The number of Topliss-reactive ketones (excluding diaryl/α,β-unsaturated/α-hetero) is 1. The molecule has 3 aromatic carbocycles. The highest BCUT2D eigenvalue weighted by molar-refractivity contribution is 9.15. The van der Waals surface area contributed by atoms with Crippen LogP contribution in [-0.2, 0) is 0 Å². The molecule has 11 heteroatoms. The van der Waals surface area contributed by atoms with Crippen molar-refractivity contribution in [3.05, 3.63) is 99.3 Å². The van der Waals surface area contributed by atoms with Gasteiger partial charge in [-0.2, -0.15) is 5.01 Å². The molecule has 4 rings (SSSR count). The maximum absolute atomic E-state index is 13.8. The average Bonchev–Trinajstić information content (AvgIpc) is 3.12. The van der Waals surface area contributed by atoms with Crippen molar-refractivity contribution >= 4 is 98.8 Å². The van der Waals surface area contributed by atoms with E-state index in [-0.39, 0.29) is 16.7 Å². The van der Waals surface area contributed by atoms with Gasteiger partial charge in [-0.15, -0.1) is 0 Å². The van der Waals surface area contributed by atoms with Gasteiger partial charge >= 0.3 is 0 Å². The second-order valence-electron chi connectivity index (χ2n) is 7.99. The number of imide groups is 1. The number of ketones is 1. The third kappa shape index (κ3) is 4.62. The monoisotopic (exact) mass is 758 g/mol. The number of hydrogen-bond acceptors (Lipinski definition) is 4. The van der Waals surface area contributed by atoms with Crippen LogP contribution in [0.25, 0.3) is 0 Å². The number of fused-ring (bicyclic) bond motifs is 1. The summed E-state index contributed by atoms with van der Waals surface area (Å²) in [6.45, 7) is 3.37. The Morgan fingerprint density at radius 2 is 1.22 bits per heavy atom. The summed E-state index contributed by atoms with van der Waals surface area (Å²) in [5.41, 5.74) is 1.57. The molecule has 6 nitrogen and oxygen atoms in total. The van der Waals surface area contributed by atoms with Crippen LogP contribution in [0.2, 0.25) is 5.02 Å². The zero-order chi connectivity index (χ0) is 26.5. The van der Waals surface area contributed by atoms with Gasteiger partial charge in [0.2, 0.25) is 0 Å². The van der Waals surface area contributed by atoms with Gasteiger partial charge < -0.3 is 0 Å². The number of carbonyl (C=O) groups excluding carboxylic acids is 4. The first-order chi connectivity index (χ1) is 17.0. The van der Waals surface area contributed by atoms with Crippen molar-refractivity contribution in [1.29, 1.82) is 0 Å². The first kappa shape index (κ1) is 27.2. The van der Waals surface area contributed by atoms with Gasteiger partial charge in [-0.05, 0) is 102 Å². The maximum Gasteiger partial charge on any atom is 0.282 e. The smallest absolute Gasteiger partial charge is 0.282 e. The van der Waals surface area contributed by atoms with Crippen LogP contribution in [0.1, 0.15) is 53.9 Å². The molecular weight excluding hydrogens is 747 g/mol. The Morgan fingerprint density at radius 3 is 1.69 bits per heavy atom. The van der Waals surface area contributed by atoms with Crippen LogP contribution >= 0.6 is 75.3 Å². The van der Waals surface area contributed by atoms with Gasteiger partial charge in [-0.25, -0.2) is 5.01 Å². The lowest BCUT2D eigenvalue weighted by molar-refractivity contribution is -0.00685. The fourth-order valence-corrected chi connectivity index (χ4v) is 6.35. The molecule has 0 radical (unpaired) electrons. The van der Waals surface area contributed by atoms with Gasteiger partial charge in [0.1, 0.15) is 6.04 Å². The highest BCUT2D eigenvalue weighted by atomic mass is 79.9. The fraction of sp³-hybridized carbons (Fsp3) is 0.120. The van der Waals surface area contributed by atoms with Crippen LogP contribution in [0.15, 0.2) is 66.4 Å². The van der Waals surface area contributed by atoms with Crippen molar-refractivity contribution in [1.82, 2.24) is 10.0 Å². The molecule has 3 amide bonds. The number of hydrazine groups is 1. The number of nitrogens with zero attached hydrogens (tertiary/aromatic N) is 2. The van der Waals surface area contributed by atoms with Crippen LogP contribution in [0.3, 0.4) is 0 Å². The minimum atomic E-state index is -1.19. The molecule has 0 saturated heterocycles. The van der Waals surface area contributed by atoms with E-state index < -0.39 is 29.5 Å². The van der Waals surface area contributed by atoms with Crippen LogP contribution in [0, 0.1) is 6.92 Å². The van der Waals surface area contributed by atoms with E-state index in [4.69, 9.17) is 11.6 Å². The van der Waals surface area contributed by atoms with Crippen molar-refractivity contribution in [2.45, 2.75) is 19.9 Å². The minimum Gasteiger partial charge on any atom is -0.292 e. The van der Waals surface area contributed by atoms with Gasteiger partial charge in [-0.3, -0.25) is 19.2 Å². The van der Waals surface area contributed by atoms with Crippen molar-refractivity contribution in [2.24, 2.45) is 0 Å². The largest absolute Gasteiger partial charge is 0.292 e. The molecule has 0 spiro atoms. The molecular formula is C25H15Br4ClN2O4. The lowest BCUT2D eigenvalue weighted by Gasteiger charge is -2.34. The van der Waals surface area contributed by atoms with Gasteiger partial charge in [-0.1, -0.05) is 41.4 Å². The Morgan fingerprint density at radius 1 is 0.778 bits per heavy atom. The van der Waals surface area contributed by atoms with E-state index in [0.29, 0.717) is 28.5 Å². The predicted molar refractivity (Wildman–Crippen MR) is 150 cm³/mol. The predicted octanol–water partition coefficient (Wildman–Crippen LogP) is 7.62. The number of amides is 3. The van der Waals surface area contributed by atoms with Gasteiger partial charge in [0.15, 0.2) is 5.78 Å². The summed E-state index contributed by atoms with van der Waals surface area (Å²) >= 11 is 19.5. The van der Waals surface area contributed by atoms with E-state index in [1.54, 1.807) is 24.3 Å². The third-order valence-corrected chi connectivity index (χ3v) is 10.7. The number of hydrogen-bond donors (Lipinski definition) is 0. The normalized spacial score (nSPS) is 13.6. The number of rotatable bonds is 5. The molecule has 0 fully saturated rings. The number of aryl methyl sites for hydroxylation is 1. The fourth-order valence-electron chi connectivity index (χ4n) is 3.77. The number of benzene rings is 3. The van der Waals surface area contributed by atoms with E-state index in [2.05, 4.69) is 63.7 Å². The summed E-state index contributed by atoms with van der Waals surface area (Å²) in [5.74, 6) is -2.64. The summed E-state index contributed by atoms with van der Waals surface area (Å²) in [6.07, 6.45) is 0. The van der Waals surface area contributed by atoms with E-state index in [0.717, 1.165) is 15.6 Å². The quantitative estimate of drug-likeness (QED) is 0.116. The Labute approximate surface area is 245 Å². The van der Waals surface area contributed by atoms with E-state index in [1.165, 1.54) is 31.2 Å². The lowest BCUT2D eigenvalue weighted by atomic mass is 10.0. The topological polar surface area (TPSA) is 74.8 Å². The van der Waals surface area contributed by atoms with E-state index >= 15 is 0 Å². The first-order valence-corrected chi connectivity index (χ1v) is 13.9. The van der Waals surface area contributed by atoms with E-state index in [1.807, 2.05) is 6.92 Å². The molecule has 0 unspecified atom stereocenters. The molecule has 0 saturated carbocycles. The minimum absolute atomic E-state index is 0.0610. The van der Waals surface area contributed by atoms with Crippen LogP contribution in [-0.4, -0.2) is 39.6 Å². The SMILES string of the molecule is Cc1ccc(C(=O)[C@H](C)N(C(=O)c2ccc(Cl)cc2)N2C(=O)c3c(Br)c(Br)c(Br)c(Br)c3C2=O)cc1. The second-order valence-corrected chi connectivity index (χ2v) is 11.6. The Bertz CT molecular complexity index is 1400. The molecule has 1 atom stereocenters.